The maximum Gasteiger partial charge on any atom is 0.343 e. The summed E-state index contributed by atoms with van der Waals surface area (Å²) in [6.45, 7) is 0. The Hall–Kier alpha value is -3.37. The third-order valence-electron chi connectivity index (χ3n) is 2.65. The Balaban J connectivity index is 2.13. The third-order valence-corrected chi connectivity index (χ3v) is 2.65. The Kier molecular flexibility index (Phi) is 4.48. The second kappa shape index (κ2) is 6.70. The molecule has 0 saturated heterocycles. The van der Waals surface area contributed by atoms with Crippen LogP contribution in [0.15, 0.2) is 60.2 Å². The van der Waals surface area contributed by atoms with Crippen LogP contribution in [0, 0.1) is 22.7 Å². The van der Waals surface area contributed by atoms with E-state index < -0.39 is 5.97 Å². The zero-order valence-electron chi connectivity index (χ0n) is 11.0. The first-order valence-corrected chi connectivity index (χ1v) is 6.12. The van der Waals surface area contributed by atoms with Crippen molar-refractivity contribution >= 4 is 12.0 Å². The summed E-state index contributed by atoms with van der Waals surface area (Å²) in [6, 6.07) is 18.8. The molecule has 0 fully saturated rings. The standard InChI is InChI=1S/C17H10N2O2/c18-11-14(12-19)10-13-6-8-15(9-7-13)17(20)21-16-4-2-1-3-5-16/h1-10H. The first kappa shape index (κ1) is 14.0. The fraction of sp³-hybridized carbons (Fsp3) is 0. The largest absolute Gasteiger partial charge is 0.423 e. The van der Waals surface area contributed by atoms with Gasteiger partial charge in [-0.25, -0.2) is 4.79 Å². The van der Waals surface area contributed by atoms with Crippen LogP contribution in [0.4, 0.5) is 0 Å². The lowest BCUT2D eigenvalue weighted by atomic mass is 10.1. The summed E-state index contributed by atoms with van der Waals surface area (Å²) in [5.41, 5.74) is 1.07. The fourth-order valence-corrected chi connectivity index (χ4v) is 1.63. The van der Waals surface area contributed by atoms with E-state index in [0.29, 0.717) is 16.9 Å². The lowest BCUT2D eigenvalue weighted by molar-refractivity contribution is 0.0735. The van der Waals surface area contributed by atoms with Crippen molar-refractivity contribution in [2.24, 2.45) is 0 Å². The molecule has 0 aliphatic rings. The highest BCUT2D eigenvalue weighted by atomic mass is 16.5. The van der Waals surface area contributed by atoms with E-state index in [1.807, 2.05) is 6.07 Å². The van der Waals surface area contributed by atoms with Crippen molar-refractivity contribution in [1.82, 2.24) is 0 Å². The van der Waals surface area contributed by atoms with Crippen LogP contribution in [0.1, 0.15) is 15.9 Å². The normalized spacial score (nSPS) is 9.05. The van der Waals surface area contributed by atoms with Gasteiger partial charge < -0.3 is 4.74 Å². The Morgan fingerprint density at radius 3 is 2.14 bits per heavy atom. The van der Waals surface area contributed by atoms with E-state index in [2.05, 4.69) is 0 Å². The van der Waals surface area contributed by atoms with E-state index in [1.54, 1.807) is 60.7 Å². The SMILES string of the molecule is N#CC(C#N)=Cc1ccc(C(=O)Oc2ccccc2)cc1. The molecule has 0 radical (unpaired) electrons. The minimum atomic E-state index is -0.461. The second-order valence-electron chi connectivity index (χ2n) is 4.11. The van der Waals surface area contributed by atoms with Gasteiger partial charge in [0.05, 0.1) is 5.56 Å². The summed E-state index contributed by atoms with van der Waals surface area (Å²) in [5.74, 6) is 0.0141. The molecule has 2 rings (SSSR count). The summed E-state index contributed by atoms with van der Waals surface area (Å²) >= 11 is 0. The average molecular weight is 274 g/mol. The van der Waals surface area contributed by atoms with Gasteiger partial charge in [-0.3, -0.25) is 0 Å². The smallest absolute Gasteiger partial charge is 0.343 e. The number of para-hydroxylation sites is 1. The molecule has 21 heavy (non-hydrogen) atoms. The summed E-state index contributed by atoms with van der Waals surface area (Å²) in [5, 5.41) is 17.4. The molecule has 0 spiro atoms. The molecule has 4 nitrogen and oxygen atoms in total. The minimum Gasteiger partial charge on any atom is -0.423 e. The molecule has 2 aromatic rings. The van der Waals surface area contributed by atoms with Crippen LogP contribution >= 0.6 is 0 Å². The zero-order chi connectivity index (χ0) is 15.1. The van der Waals surface area contributed by atoms with Crippen molar-refractivity contribution in [3.05, 3.63) is 71.3 Å². The molecule has 2 aromatic carbocycles. The van der Waals surface area contributed by atoms with Gasteiger partial charge in [0.1, 0.15) is 23.5 Å². The molecule has 0 atom stereocenters. The van der Waals surface area contributed by atoms with Gasteiger partial charge in [-0.1, -0.05) is 30.3 Å². The topological polar surface area (TPSA) is 73.9 Å². The molecule has 0 unspecified atom stereocenters. The number of benzene rings is 2. The Morgan fingerprint density at radius 1 is 0.952 bits per heavy atom. The van der Waals surface area contributed by atoms with Crippen LogP contribution < -0.4 is 4.74 Å². The van der Waals surface area contributed by atoms with Gasteiger partial charge in [-0.15, -0.1) is 0 Å². The van der Waals surface area contributed by atoms with E-state index in [9.17, 15) is 4.79 Å². The third kappa shape index (κ3) is 3.79. The van der Waals surface area contributed by atoms with Gasteiger partial charge in [-0.2, -0.15) is 10.5 Å². The number of carbonyl (C=O) groups is 1. The maximum absolute atomic E-state index is 11.9. The monoisotopic (exact) mass is 274 g/mol. The van der Waals surface area contributed by atoms with Crippen LogP contribution in [0.25, 0.3) is 6.08 Å². The van der Waals surface area contributed by atoms with Crippen molar-refractivity contribution in [2.75, 3.05) is 0 Å². The summed E-state index contributed by atoms with van der Waals surface area (Å²) < 4.78 is 5.20. The van der Waals surface area contributed by atoms with Crippen LogP contribution in [-0.4, -0.2) is 5.97 Å². The molecule has 0 bridgehead atoms. The Bertz CT molecular complexity index is 732. The predicted molar refractivity (Wildman–Crippen MR) is 77.0 cm³/mol. The molecule has 0 aromatic heterocycles. The number of nitriles is 2. The van der Waals surface area contributed by atoms with Gasteiger partial charge in [0.15, 0.2) is 0 Å². The van der Waals surface area contributed by atoms with E-state index in [0.717, 1.165) is 0 Å². The van der Waals surface area contributed by atoms with Gasteiger partial charge in [-0.05, 0) is 35.9 Å². The van der Waals surface area contributed by atoms with Crippen molar-refractivity contribution in [3.8, 4) is 17.9 Å². The number of ether oxygens (including phenoxy) is 1. The number of hydrogen-bond acceptors (Lipinski definition) is 4. The van der Waals surface area contributed by atoms with Crippen molar-refractivity contribution in [2.45, 2.75) is 0 Å². The predicted octanol–water partition coefficient (Wildman–Crippen LogP) is 3.34. The molecule has 0 N–H and O–H groups in total. The summed E-state index contributed by atoms with van der Waals surface area (Å²) in [7, 11) is 0. The summed E-state index contributed by atoms with van der Waals surface area (Å²) in [6.07, 6.45) is 1.45. The molecule has 100 valence electrons. The highest BCUT2D eigenvalue weighted by Crippen LogP contribution is 2.13. The number of esters is 1. The van der Waals surface area contributed by atoms with Crippen molar-refractivity contribution in [3.63, 3.8) is 0 Å². The van der Waals surface area contributed by atoms with Gasteiger partial charge in [0, 0.05) is 0 Å². The highest BCUT2D eigenvalue weighted by Gasteiger charge is 2.07. The minimum absolute atomic E-state index is 0.00890. The number of allylic oxidation sites excluding steroid dienone is 1. The van der Waals surface area contributed by atoms with E-state index >= 15 is 0 Å². The Labute approximate surface area is 122 Å². The van der Waals surface area contributed by atoms with E-state index in [1.165, 1.54) is 6.08 Å². The van der Waals surface area contributed by atoms with Crippen LogP contribution in [0.5, 0.6) is 5.75 Å². The van der Waals surface area contributed by atoms with Gasteiger partial charge in [0.25, 0.3) is 0 Å². The molecule has 0 aliphatic carbocycles. The van der Waals surface area contributed by atoms with Crippen LogP contribution in [-0.2, 0) is 0 Å². The molecule has 0 saturated carbocycles. The van der Waals surface area contributed by atoms with Crippen molar-refractivity contribution in [1.29, 1.82) is 10.5 Å². The second-order valence-corrected chi connectivity index (χ2v) is 4.11. The van der Waals surface area contributed by atoms with E-state index in [4.69, 9.17) is 15.3 Å². The van der Waals surface area contributed by atoms with Crippen molar-refractivity contribution < 1.29 is 9.53 Å². The van der Waals surface area contributed by atoms with Crippen LogP contribution in [0.2, 0.25) is 0 Å². The molecular weight excluding hydrogens is 264 g/mol. The van der Waals surface area contributed by atoms with E-state index in [-0.39, 0.29) is 5.57 Å². The molecule has 0 aliphatic heterocycles. The number of hydrogen-bond donors (Lipinski definition) is 0. The molecular formula is C17H10N2O2. The zero-order valence-corrected chi connectivity index (χ0v) is 11.0. The van der Waals surface area contributed by atoms with Crippen LogP contribution in [0.3, 0.4) is 0 Å². The number of rotatable bonds is 3. The number of carbonyl (C=O) groups excluding carboxylic acids is 1. The molecule has 4 heteroatoms. The quantitative estimate of drug-likeness (QED) is 0.488. The maximum atomic E-state index is 11.9. The molecule has 0 amide bonds. The average Bonchev–Trinajstić information content (AvgIpc) is 2.54. The lowest BCUT2D eigenvalue weighted by Crippen LogP contribution is -2.08. The first-order chi connectivity index (χ1) is 10.2. The lowest BCUT2D eigenvalue weighted by Gasteiger charge is -2.04. The van der Waals surface area contributed by atoms with Gasteiger partial charge >= 0.3 is 5.97 Å². The first-order valence-electron chi connectivity index (χ1n) is 6.12. The number of nitrogens with zero attached hydrogens (tertiary/aromatic N) is 2. The highest BCUT2D eigenvalue weighted by molar-refractivity contribution is 5.91. The fourth-order valence-electron chi connectivity index (χ4n) is 1.63. The van der Waals surface area contributed by atoms with Gasteiger partial charge in [0.2, 0.25) is 0 Å². The molecule has 0 heterocycles. The Morgan fingerprint density at radius 2 is 1.57 bits per heavy atom. The summed E-state index contributed by atoms with van der Waals surface area (Å²) in [4.78, 5) is 11.9.